The number of carbonyl (C=O) groups is 2. The lowest BCUT2D eigenvalue weighted by Crippen LogP contribution is -2.19. The van der Waals surface area contributed by atoms with Gasteiger partial charge in [-0.3, -0.25) is 9.59 Å². The molecule has 2 N–H and O–H groups in total. The van der Waals surface area contributed by atoms with Crippen LogP contribution in [0.3, 0.4) is 0 Å². The van der Waals surface area contributed by atoms with Crippen LogP contribution >= 0.6 is 34.8 Å². The van der Waals surface area contributed by atoms with Gasteiger partial charge in [0.1, 0.15) is 21.8 Å². The van der Waals surface area contributed by atoms with Gasteiger partial charge >= 0.3 is 0 Å². The van der Waals surface area contributed by atoms with Crippen molar-refractivity contribution in [2.45, 2.75) is 17.2 Å². The molecule has 0 bridgehead atoms. The third-order valence-electron chi connectivity index (χ3n) is 5.51. The fraction of sp³-hybridized carbons (Fsp3) is 0.167. The minimum Gasteiger partial charge on any atom is -0.326 e. The Morgan fingerprint density at radius 2 is 1.59 bits per heavy atom. The molecule has 0 heterocycles. The Morgan fingerprint density at radius 1 is 0.912 bits per heavy atom. The molecule has 0 aromatic heterocycles. The predicted octanol–water partition coefficient (Wildman–Crippen LogP) is 6.84. The molecule has 0 aliphatic heterocycles. The van der Waals surface area contributed by atoms with Gasteiger partial charge in [-0.25, -0.2) is 13.2 Å². The molecule has 0 radical (unpaired) electrons. The molecule has 2 atom stereocenters. The average Bonchev–Trinajstić information content (AvgIpc) is 3.36. The zero-order valence-corrected chi connectivity index (χ0v) is 19.7. The van der Waals surface area contributed by atoms with E-state index in [2.05, 4.69) is 10.6 Å². The summed E-state index contributed by atoms with van der Waals surface area (Å²) in [6.45, 7) is 1.44. The number of hydrogen-bond acceptors (Lipinski definition) is 2. The van der Waals surface area contributed by atoms with E-state index in [-0.39, 0.29) is 27.5 Å². The van der Waals surface area contributed by atoms with Gasteiger partial charge < -0.3 is 10.6 Å². The monoisotopic (exact) mass is 526 g/mol. The van der Waals surface area contributed by atoms with Crippen LogP contribution in [0.4, 0.5) is 24.5 Å². The molecule has 10 heteroatoms. The Balaban J connectivity index is 1.54. The maximum Gasteiger partial charge on any atom is 0.258 e. The Kier molecular flexibility index (Phi) is 6.55. The molecule has 34 heavy (non-hydrogen) atoms. The van der Waals surface area contributed by atoms with Crippen LogP contribution in [0.1, 0.15) is 27.4 Å². The van der Waals surface area contributed by atoms with Gasteiger partial charge in [-0.05, 0) is 66.6 Å². The molecule has 4 nitrogen and oxygen atoms in total. The highest BCUT2D eigenvalue weighted by Gasteiger charge is 2.67. The molecule has 1 fully saturated rings. The van der Waals surface area contributed by atoms with Gasteiger partial charge in [0.15, 0.2) is 0 Å². The highest BCUT2D eigenvalue weighted by atomic mass is 35.5. The molecule has 3 aromatic carbocycles. The van der Waals surface area contributed by atoms with Crippen LogP contribution in [-0.2, 0) is 4.79 Å². The van der Waals surface area contributed by atoms with Crippen LogP contribution < -0.4 is 10.6 Å². The van der Waals surface area contributed by atoms with Gasteiger partial charge in [-0.2, -0.15) is 0 Å². The lowest BCUT2D eigenvalue weighted by atomic mass is 10.1. The van der Waals surface area contributed by atoms with E-state index in [4.69, 9.17) is 34.8 Å². The summed E-state index contributed by atoms with van der Waals surface area (Å²) in [7, 11) is 0. The molecular formula is C24H16Cl3F3N2O2. The summed E-state index contributed by atoms with van der Waals surface area (Å²) in [6, 6.07) is 11.5. The Bertz CT molecular complexity index is 1300. The highest BCUT2D eigenvalue weighted by molar-refractivity contribution is 6.53. The lowest BCUT2D eigenvalue weighted by Gasteiger charge is -2.12. The molecular weight excluding hydrogens is 512 g/mol. The summed E-state index contributed by atoms with van der Waals surface area (Å²) in [5.41, 5.74) is 0.708. The summed E-state index contributed by atoms with van der Waals surface area (Å²) in [4.78, 5) is 25.5. The van der Waals surface area contributed by atoms with Crippen LogP contribution in [0, 0.1) is 30.3 Å². The number of alkyl halides is 2. The van der Waals surface area contributed by atoms with Crippen LogP contribution in [0.5, 0.6) is 0 Å². The van der Waals surface area contributed by atoms with E-state index in [1.165, 1.54) is 43.3 Å². The minimum atomic E-state index is -1.46. The number of rotatable bonds is 5. The maximum atomic E-state index is 14.7. The zero-order valence-electron chi connectivity index (χ0n) is 17.4. The second-order valence-electron chi connectivity index (χ2n) is 7.91. The summed E-state index contributed by atoms with van der Waals surface area (Å²) in [6.07, 6.45) is 0. The fourth-order valence-electron chi connectivity index (χ4n) is 3.73. The first-order valence-corrected chi connectivity index (χ1v) is 11.1. The first-order valence-electron chi connectivity index (χ1n) is 9.99. The van der Waals surface area contributed by atoms with E-state index in [0.29, 0.717) is 5.56 Å². The van der Waals surface area contributed by atoms with E-state index < -0.39 is 45.4 Å². The van der Waals surface area contributed by atoms with Crippen LogP contribution in [0.2, 0.25) is 5.02 Å². The Morgan fingerprint density at radius 3 is 2.24 bits per heavy atom. The van der Waals surface area contributed by atoms with Crippen molar-refractivity contribution in [2.75, 3.05) is 10.6 Å². The Hall–Kier alpha value is -2.74. The fourth-order valence-corrected chi connectivity index (χ4v) is 4.75. The van der Waals surface area contributed by atoms with Gasteiger partial charge in [0.25, 0.3) is 5.91 Å². The van der Waals surface area contributed by atoms with E-state index in [1.54, 1.807) is 0 Å². The van der Waals surface area contributed by atoms with Gasteiger partial charge in [0, 0.05) is 17.3 Å². The van der Waals surface area contributed by atoms with Crippen molar-refractivity contribution in [3.63, 3.8) is 0 Å². The number of nitrogens with one attached hydrogen (secondary N) is 2. The quantitative estimate of drug-likeness (QED) is 0.357. The van der Waals surface area contributed by atoms with Crippen LogP contribution in [0.15, 0.2) is 54.6 Å². The molecule has 1 aliphatic carbocycles. The third kappa shape index (κ3) is 4.73. The third-order valence-corrected chi connectivity index (χ3v) is 6.74. The van der Waals surface area contributed by atoms with Crippen molar-refractivity contribution in [3.05, 3.63) is 93.8 Å². The SMILES string of the molecule is Cc1cc(NC(=O)C2C(c3ccc(F)c(Cl)c3)C2(Cl)Cl)cc(C(=O)Nc2ccc(F)cc2)c1F. The molecule has 0 spiro atoms. The minimum absolute atomic E-state index is 0.114. The number of benzene rings is 3. The molecule has 1 aliphatic rings. The molecule has 2 amide bonds. The van der Waals surface area contributed by atoms with Crippen molar-refractivity contribution < 1.29 is 22.8 Å². The van der Waals surface area contributed by atoms with Crippen molar-refractivity contribution in [2.24, 2.45) is 5.92 Å². The van der Waals surface area contributed by atoms with Crippen LogP contribution in [-0.4, -0.2) is 16.1 Å². The van der Waals surface area contributed by atoms with Crippen LogP contribution in [0.25, 0.3) is 0 Å². The first-order chi connectivity index (χ1) is 16.0. The molecule has 3 aromatic rings. The normalized spacial score (nSPS) is 18.3. The van der Waals surface area contributed by atoms with Crippen molar-refractivity contribution >= 4 is 58.0 Å². The number of hydrogen-bond donors (Lipinski definition) is 2. The van der Waals surface area contributed by atoms with Crippen molar-refractivity contribution in [1.29, 1.82) is 0 Å². The van der Waals surface area contributed by atoms with E-state index >= 15 is 0 Å². The van der Waals surface area contributed by atoms with Crippen molar-refractivity contribution in [1.82, 2.24) is 0 Å². The number of anilines is 2. The predicted molar refractivity (Wildman–Crippen MR) is 126 cm³/mol. The average molecular weight is 528 g/mol. The topological polar surface area (TPSA) is 58.2 Å². The van der Waals surface area contributed by atoms with E-state index in [9.17, 15) is 22.8 Å². The largest absolute Gasteiger partial charge is 0.326 e. The van der Waals surface area contributed by atoms with Gasteiger partial charge in [0.05, 0.1) is 16.5 Å². The van der Waals surface area contributed by atoms with Crippen molar-refractivity contribution in [3.8, 4) is 0 Å². The molecule has 176 valence electrons. The molecule has 1 saturated carbocycles. The Labute approximate surface area is 208 Å². The maximum absolute atomic E-state index is 14.7. The first kappa shape index (κ1) is 24.4. The number of halogens is 6. The lowest BCUT2D eigenvalue weighted by molar-refractivity contribution is -0.117. The van der Waals surface area contributed by atoms with Gasteiger partial charge in [-0.15, -0.1) is 23.2 Å². The summed E-state index contributed by atoms with van der Waals surface area (Å²) >= 11 is 18.5. The number of amides is 2. The summed E-state index contributed by atoms with van der Waals surface area (Å²) < 4.78 is 39.8. The highest BCUT2D eigenvalue weighted by Crippen LogP contribution is 2.65. The van der Waals surface area contributed by atoms with Gasteiger partial charge in [-0.1, -0.05) is 17.7 Å². The number of aryl methyl sites for hydroxylation is 1. The second kappa shape index (κ2) is 9.13. The molecule has 0 saturated heterocycles. The van der Waals surface area contributed by atoms with E-state index in [1.807, 2.05) is 0 Å². The number of carbonyl (C=O) groups excluding carboxylic acids is 2. The summed E-state index contributed by atoms with van der Waals surface area (Å²) in [5.74, 6) is -4.75. The van der Waals surface area contributed by atoms with E-state index in [0.717, 1.165) is 18.2 Å². The molecule has 2 unspecified atom stereocenters. The summed E-state index contributed by atoms with van der Waals surface area (Å²) in [5, 5.41) is 4.96. The standard InChI is InChI=1S/C24H16Cl3F3N2O2/c1-11-8-15(10-16(21(11)30)22(33)31-14-5-3-13(28)4-6-14)32-23(34)20-19(24(20,26)27)12-2-7-18(29)17(25)9-12/h2-10,19-20H,1H3,(H,31,33)(H,32,34). The molecule has 4 rings (SSSR count). The zero-order chi connectivity index (χ0) is 24.8. The second-order valence-corrected chi connectivity index (χ2v) is 9.76. The smallest absolute Gasteiger partial charge is 0.258 e. The van der Waals surface area contributed by atoms with Gasteiger partial charge in [0.2, 0.25) is 5.91 Å².